The Morgan fingerprint density at radius 3 is 2.29 bits per heavy atom. The van der Waals surface area contributed by atoms with Crippen LogP contribution in [0.5, 0.6) is 0 Å². The maximum Gasteiger partial charge on any atom is 0.341 e. The first kappa shape index (κ1) is 25.4. The number of nitrogens with zero attached hydrogens (tertiary/aromatic N) is 1. The fraction of sp³-hybridized carbons (Fsp3) is 0.519. The summed E-state index contributed by atoms with van der Waals surface area (Å²) in [6, 6.07) is 8.94. The van der Waals surface area contributed by atoms with E-state index in [9.17, 15) is 4.79 Å². The first-order valence-corrected chi connectivity index (χ1v) is 12.7. The maximum absolute atomic E-state index is 15.4. The van der Waals surface area contributed by atoms with E-state index in [0.717, 1.165) is 49.9 Å². The van der Waals surface area contributed by atoms with Crippen molar-refractivity contribution in [2.24, 2.45) is 0 Å². The number of halogens is 3. The standard InChI is InChI=1S/C27H32Cl2FNO3/c1-27(2,3)34-26(32)23-7-6-19(24(25(23)30)18-4-5-18)15-31-10-8-22(9-11-31)33-16-17-12-20(28)14-21(29)13-17/h6-7,12-14,18,22H,4-5,8-11,15-16H2,1-3H3. The minimum atomic E-state index is -0.659. The van der Waals surface area contributed by atoms with Crippen LogP contribution in [0.4, 0.5) is 4.39 Å². The molecule has 0 unspecified atom stereocenters. The van der Waals surface area contributed by atoms with E-state index in [1.807, 2.05) is 18.2 Å². The van der Waals surface area contributed by atoms with Crippen LogP contribution in [0.1, 0.15) is 79.4 Å². The van der Waals surface area contributed by atoms with Crippen LogP contribution in [0.3, 0.4) is 0 Å². The van der Waals surface area contributed by atoms with Gasteiger partial charge in [0.1, 0.15) is 11.4 Å². The molecule has 0 amide bonds. The third-order valence-electron chi connectivity index (χ3n) is 6.21. The fourth-order valence-corrected chi connectivity index (χ4v) is 5.03. The highest BCUT2D eigenvalue weighted by Crippen LogP contribution is 2.44. The fourth-order valence-electron chi connectivity index (χ4n) is 4.46. The van der Waals surface area contributed by atoms with Crippen LogP contribution in [0.15, 0.2) is 30.3 Å². The molecule has 1 aliphatic heterocycles. The number of benzene rings is 2. The number of piperidine rings is 1. The highest BCUT2D eigenvalue weighted by Gasteiger charge is 2.33. The number of hydrogen-bond acceptors (Lipinski definition) is 4. The van der Waals surface area contributed by atoms with Gasteiger partial charge in [0.05, 0.1) is 18.3 Å². The molecule has 0 atom stereocenters. The van der Waals surface area contributed by atoms with E-state index >= 15 is 4.39 Å². The number of rotatable bonds is 7. The van der Waals surface area contributed by atoms with Crippen LogP contribution < -0.4 is 0 Å². The normalized spacial score (nSPS) is 17.7. The van der Waals surface area contributed by atoms with Crippen molar-refractivity contribution in [2.75, 3.05) is 13.1 Å². The summed E-state index contributed by atoms with van der Waals surface area (Å²) in [4.78, 5) is 14.9. The van der Waals surface area contributed by atoms with Crippen LogP contribution in [-0.4, -0.2) is 35.7 Å². The van der Waals surface area contributed by atoms with Gasteiger partial charge in [-0.25, -0.2) is 9.18 Å². The molecule has 2 aromatic carbocycles. The number of carbonyl (C=O) groups excluding carboxylic acids is 1. The van der Waals surface area contributed by atoms with Crippen LogP contribution in [-0.2, 0) is 22.6 Å². The molecule has 4 rings (SSSR count). The Labute approximate surface area is 211 Å². The smallest absolute Gasteiger partial charge is 0.341 e. The summed E-state index contributed by atoms with van der Waals surface area (Å²) in [6.07, 6.45) is 3.91. The molecule has 0 N–H and O–H groups in total. The van der Waals surface area contributed by atoms with Crippen LogP contribution >= 0.6 is 23.2 Å². The predicted octanol–water partition coefficient (Wildman–Crippen LogP) is 7.15. The van der Waals surface area contributed by atoms with Gasteiger partial charge >= 0.3 is 5.97 Å². The second-order valence-corrected chi connectivity index (χ2v) is 11.2. The summed E-state index contributed by atoms with van der Waals surface area (Å²) in [5, 5.41) is 1.22. The van der Waals surface area contributed by atoms with Crippen LogP contribution in [0.2, 0.25) is 10.0 Å². The predicted molar refractivity (Wildman–Crippen MR) is 133 cm³/mol. The molecule has 0 bridgehead atoms. The van der Waals surface area contributed by atoms with Gasteiger partial charge in [0.25, 0.3) is 0 Å². The Morgan fingerprint density at radius 1 is 1.06 bits per heavy atom. The molecule has 0 radical (unpaired) electrons. The Balaban J connectivity index is 1.36. The third-order valence-corrected chi connectivity index (χ3v) is 6.65. The third kappa shape index (κ3) is 6.72. The van der Waals surface area contributed by atoms with Gasteiger partial charge in [-0.05, 0) is 93.3 Å². The van der Waals surface area contributed by atoms with E-state index in [0.29, 0.717) is 28.8 Å². The van der Waals surface area contributed by atoms with Gasteiger partial charge in [-0.3, -0.25) is 4.90 Å². The number of esters is 1. The summed E-state index contributed by atoms with van der Waals surface area (Å²) >= 11 is 12.1. The van der Waals surface area contributed by atoms with Gasteiger partial charge in [-0.2, -0.15) is 0 Å². The lowest BCUT2D eigenvalue weighted by atomic mass is 9.97. The number of carbonyl (C=O) groups is 1. The van der Waals surface area contributed by atoms with E-state index in [1.165, 1.54) is 0 Å². The lowest BCUT2D eigenvalue weighted by Crippen LogP contribution is -2.36. The molecular formula is C27H32Cl2FNO3. The average Bonchev–Trinajstić information content (AvgIpc) is 3.56. The quantitative estimate of drug-likeness (QED) is 0.373. The van der Waals surface area contributed by atoms with E-state index in [-0.39, 0.29) is 17.6 Å². The Morgan fingerprint density at radius 2 is 1.71 bits per heavy atom. The van der Waals surface area contributed by atoms with Crippen molar-refractivity contribution in [1.82, 2.24) is 4.90 Å². The molecule has 184 valence electrons. The topological polar surface area (TPSA) is 38.8 Å². The minimum absolute atomic E-state index is 0.0359. The second kappa shape index (κ2) is 10.5. The number of ether oxygens (including phenoxy) is 2. The molecule has 0 spiro atoms. The van der Waals surface area contributed by atoms with E-state index in [4.69, 9.17) is 32.7 Å². The molecule has 2 fully saturated rings. The largest absolute Gasteiger partial charge is 0.456 e. The van der Waals surface area contributed by atoms with Crippen molar-refractivity contribution in [2.45, 2.75) is 77.2 Å². The van der Waals surface area contributed by atoms with Crippen LogP contribution in [0, 0.1) is 5.82 Å². The minimum Gasteiger partial charge on any atom is -0.456 e. The van der Waals surface area contributed by atoms with E-state index in [2.05, 4.69) is 4.90 Å². The summed E-state index contributed by atoms with van der Waals surface area (Å²) < 4.78 is 26.9. The Kier molecular flexibility index (Phi) is 7.88. The van der Waals surface area contributed by atoms with Crippen molar-refractivity contribution in [3.05, 3.63) is 68.4 Å². The van der Waals surface area contributed by atoms with Gasteiger partial charge in [-0.1, -0.05) is 29.3 Å². The van der Waals surface area contributed by atoms with Crippen LogP contribution in [0.25, 0.3) is 0 Å². The van der Waals surface area contributed by atoms with Gasteiger partial charge in [-0.15, -0.1) is 0 Å². The molecule has 34 heavy (non-hydrogen) atoms. The maximum atomic E-state index is 15.4. The molecule has 2 aliphatic rings. The van der Waals surface area contributed by atoms with Gasteiger partial charge in [0.2, 0.25) is 0 Å². The zero-order chi connectivity index (χ0) is 24.5. The number of hydrogen-bond donors (Lipinski definition) is 0. The van der Waals surface area contributed by atoms with Gasteiger partial charge in [0.15, 0.2) is 0 Å². The average molecular weight is 508 g/mol. The van der Waals surface area contributed by atoms with Crippen molar-refractivity contribution >= 4 is 29.2 Å². The lowest BCUT2D eigenvalue weighted by Gasteiger charge is -2.32. The lowest BCUT2D eigenvalue weighted by molar-refractivity contribution is -0.00404. The molecule has 2 aromatic rings. The zero-order valence-electron chi connectivity index (χ0n) is 20.0. The molecule has 4 nitrogen and oxygen atoms in total. The van der Waals surface area contributed by atoms with E-state index in [1.54, 1.807) is 32.9 Å². The van der Waals surface area contributed by atoms with Crippen molar-refractivity contribution in [1.29, 1.82) is 0 Å². The monoisotopic (exact) mass is 507 g/mol. The summed E-state index contributed by atoms with van der Waals surface area (Å²) in [5.41, 5.74) is 2.01. The van der Waals surface area contributed by atoms with Gasteiger partial charge in [0, 0.05) is 29.7 Å². The summed E-state index contributed by atoms with van der Waals surface area (Å²) in [6.45, 7) is 8.27. The van der Waals surface area contributed by atoms with Crippen molar-refractivity contribution in [3.8, 4) is 0 Å². The van der Waals surface area contributed by atoms with Crippen molar-refractivity contribution in [3.63, 3.8) is 0 Å². The Bertz CT molecular complexity index is 1020. The first-order valence-electron chi connectivity index (χ1n) is 11.9. The van der Waals surface area contributed by atoms with E-state index < -0.39 is 17.4 Å². The molecule has 1 heterocycles. The zero-order valence-corrected chi connectivity index (χ0v) is 21.5. The molecule has 7 heteroatoms. The first-order chi connectivity index (χ1) is 16.1. The summed E-state index contributed by atoms with van der Waals surface area (Å²) in [7, 11) is 0. The SMILES string of the molecule is CC(C)(C)OC(=O)c1ccc(CN2CCC(OCc3cc(Cl)cc(Cl)c3)CC2)c(C2CC2)c1F. The molecule has 1 saturated carbocycles. The molecule has 1 aliphatic carbocycles. The summed E-state index contributed by atoms with van der Waals surface area (Å²) in [5.74, 6) is -0.812. The highest BCUT2D eigenvalue weighted by molar-refractivity contribution is 6.34. The highest BCUT2D eigenvalue weighted by atomic mass is 35.5. The van der Waals surface area contributed by atoms with Crippen molar-refractivity contribution < 1.29 is 18.7 Å². The molecular weight excluding hydrogens is 476 g/mol. The Hall–Kier alpha value is -1.66. The molecule has 0 aromatic heterocycles. The number of likely N-dealkylation sites (tertiary alicyclic amines) is 1. The second-order valence-electron chi connectivity index (χ2n) is 10.3. The molecule has 1 saturated heterocycles. The van der Waals surface area contributed by atoms with Gasteiger partial charge < -0.3 is 9.47 Å².